The summed E-state index contributed by atoms with van der Waals surface area (Å²) in [6, 6.07) is 9.47. The van der Waals surface area contributed by atoms with Crippen molar-refractivity contribution < 1.29 is 0 Å². The summed E-state index contributed by atoms with van der Waals surface area (Å²) in [5.41, 5.74) is 0.362. The Morgan fingerprint density at radius 2 is 1.83 bits per heavy atom. The first-order chi connectivity index (χ1) is 11.5. The lowest BCUT2D eigenvalue weighted by Crippen LogP contribution is -2.37. The molecule has 0 bridgehead atoms. The third-order valence-corrected chi connectivity index (χ3v) is 4.61. The highest BCUT2D eigenvalue weighted by molar-refractivity contribution is 7.99. The molecule has 0 fully saturated rings. The molecule has 122 valence electrons. The molecule has 0 radical (unpaired) electrons. The number of rotatable bonds is 4. The molecule has 0 aliphatic rings. The Hall–Kier alpha value is -2.67. The number of fused-ring (bicyclic) bond motifs is 1. The Kier molecular flexibility index (Phi) is 4.35. The molecular formula is C17H16N4O2S. The Morgan fingerprint density at radius 1 is 1.12 bits per heavy atom. The van der Waals surface area contributed by atoms with E-state index in [4.69, 9.17) is 0 Å². The fourth-order valence-corrected chi connectivity index (χ4v) is 3.14. The van der Waals surface area contributed by atoms with Crippen LogP contribution in [-0.2, 0) is 14.1 Å². The second kappa shape index (κ2) is 6.45. The molecule has 0 amide bonds. The van der Waals surface area contributed by atoms with E-state index in [1.807, 2.05) is 30.3 Å². The maximum absolute atomic E-state index is 12.6. The summed E-state index contributed by atoms with van der Waals surface area (Å²) < 4.78 is 2.45. The molecule has 0 aliphatic heterocycles. The highest BCUT2D eigenvalue weighted by atomic mass is 32.2. The van der Waals surface area contributed by atoms with Crippen LogP contribution in [0.25, 0.3) is 22.4 Å². The van der Waals surface area contributed by atoms with Crippen LogP contribution in [-0.4, -0.2) is 24.9 Å². The van der Waals surface area contributed by atoms with Gasteiger partial charge in [-0.25, -0.2) is 14.8 Å². The molecule has 0 unspecified atom stereocenters. The van der Waals surface area contributed by atoms with Gasteiger partial charge in [-0.1, -0.05) is 36.4 Å². The summed E-state index contributed by atoms with van der Waals surface area (Å²) in [5, 5.41) is 0.904. The van der Waals surface area contributed by atoms with E-state index in [1.54, 1.807) is 13.1 Å². The normalized spacial score (nSPS) is 10.9. The van der Waals surface area contributed by atoms with Gasteiger partial charge in [0.1, 0.15) is 10.4 Å². The minimum Gasteiger partial charge on any atom is -0.280 e. The van der Waals surface area contributed by atoms with E-state index in [0.29, 0.717) is 27.6 Å². The van der Waals surface area contributed by atoms with E-state index >= 15 is 0 Å². The number of hydrogen-bond acceptors (Lipinski definition) is 5. The van der Waals surface area contributed by atoms with Gasteiger partial charge in [-0.15, -0.1) is 18.3 Å². The molecule has 3 aromatic rings. The van der Waals surface area contributed by atoms with E-state index < -0.39 is 5.69 Å². The van der Waals surface area contributed by atoms with E-state index in [1.165, 1.54) is 23.4 Å². The van der Waals surface area contributed by atoms with Gasteiger partial charge in [-0.05, 0) is 0 Å². The van der Waals surface area contributed by atoms with Crippen LogP contribution in [0.1, 0.15) is 0 Å². The van der Waals surface area contributed by atoms with Gasteiger partial charge < -0.3 is 0 Å². The molecular weight excluding hydrogens is 324 g/mol. The number of hydrogen-bond donors (Lipinski definition) is 0. The minimum atomic E-state index is -0.412. The van der Waals surface area contributed by atoms with Crippen LogP contribution < -0.4 is 11.2 Å². The average Bonchev–Trinajstić information content (AvgIpc) is 2.62. The van der Waals surface area contributed by atoms with Gasteiger partial charge in [0.05, 0.1) is 0 Å². The summed E-state index contributed by atoms with van der Waals surface area (Å²) >= 11 is 1.40. The summed E-state index contributed by atoms with van der Waals surface area (Å²) in [6.07, 6.45) is 1.74. The van der Waals surface area contributed by atoms with Gasteiger partial charge in [0.15, 0.2) is 11.5 Å². The first-order valence-corrected chi connectivity index (χ1v) is 8.30. The van der Waals surface area contributed by atoms with Crippen molar-refractivity contribution in [3.05, 3.63) is 63.8 Å². The molecule has 7 heteroatoms. The predicted octanol–water partition coefficient (Wildman–Crippen LogP) is 1.97. The van der Waals surface area contributed by atoms with Crippen molar-refractivity contribution in [2.75, 3.05) is 5.75 Å². The Morgan fingerprint density at radius 3 is 2.50 bits per heavy atom. The Bertz CT molecular complexity index is 1040. The SMILES string of the molecule is C=CCSc1nc(-c2ccccc2)nc2c1c(=O)n(C)c(=O)n2C. The van der Waals surface area contributed by atoms with Crippen LogP contribution in [0.3, 0.4) is 0 Å². The molecule has 0 atom stereocenters. The average molecular weight is 340 g/mol. The predicted molar refractivity (Wildman–Crippen MR) is 96.4 cm³/mol. The van der Waals surface area contributed by atoms with Crippen LogP contribution in [0.15, 0.2) is 57.6 Å². The number of aryl methyl sites for hydroxylation is 1. The van der Waals surface area contributed by atoms with Crippen molar-refractivity contribution >= 4 is 22.8 Å². The largest absolute Gasteiger partial charge is 0.332 e. The Balaban J connectivity index is 2.41. The highest BCUT2D eigenvalue weighted by Gasteiger charge is 2.17. The van der Waals surface area contributed by atoms with Crippen molar-refractivity contribution in [2.45, 2.75) is 5.03 Å². The molecule has 6 nitrogen and oxygen atoms in total. The molecule has 3 rings (SSSR count). The lowest BCUT2D eigenvalue weighted by atomic mass is 10.2. The first-order valence-electron chi connectivity index (χ1n) is 7.31. The van der Waals surface area contributed by atoms with Crippen molar-refractivity contribution in [3.63, 3.8) is 0 Å². The van der Waals surface area contributed by atoms with E-state index in [0.717, 1.165) is 10.1 Å². The Labute approximate surface area is 142 Å². The van der Waals surface area contributed by atoms with Gasteiger partial charge >= 0.3 is 5.69 Å². The summed E-state index contributed by atoms with van der Waals surface area (Å²) in [4.78, 5) is 33.8. The summed E-state index contributed by atoms with van der Waals surface area (Å²) in [5.74, 6) is 1.09. The molecule has 0 spiro atoms. The number of thioether (sulfide) groups is 1. The van der Waals surface area contributed by atoms with Crippen molar-refractivity contribution in [1.82, 2.24) is 19.1 Å². The van der Waals surface area contributed by atoms with Crippen LogP contribution >= 0.6 is 11.8 Å². The lowest BCUT2D eigenvalue weighted by molar-refractivity contribution is 0.703. The summed E-state index contributed by atoms with van der Waals surface area (Å²) in [7, 11) is 3.06. The number of nitrogens with zero attached hydrogens (tertiary/aromatic N) is 4. The summed E-state index contributed by atoms with van der Waals surface area (Å²) in [6.45, 7) is 3.71. The van der Waals surface area contributed by atoms with Gasteiger partial charge in [-0.3, -0.25) is 13.9 Å². The third-order valence-electron chi connectivity index (χ3n) is 3.64. The molecule has 0 N–H and O–H groups in total. The quantitative estimate of drug-likeness (QED) is 0.413. The van der Waals surface area contributed by atoms with Gasteiger partial charge in [0.25, 0.3) is 5.56 Å². The van der Waals surface area contributed by atoms with E-state index in [9.17, 15) is 9.59 Å². The smallest absolute Gasteiger partial charge is 0.280 e. The standard InChI is InChI=1S/C17H16N4O2S/c1-4-10-24-15-12-14(20(2)17(23)21(3)16(12)22)18-13(19-15)11-8-6-5-7-9-11/h4-9H,1,10H2,2-3H3. The maximum atomic E-state index is 12.6. The molecule has 2 aromatic heterocycles. The van der Waals surface area contributed by atoms with Crippen molar-refractivity contribution in [3.8, 4) is 11.4 Å². The second-order valence-corrected chi connectivity index (χ2v) is 6.23. The van der Waals surface area contributed by atoms with Crippen LogP contribution in [0.5, 0.6) is 0 Å². The van der Waals surface area contributed by atoms with E-state index in [2.05, 4.69) is 16.5 Å². The van der Waals surface area contributed by atoms with Crippen LogP contribution in [0.2, 0.25) is 0 Å². The lowest BCUT2D eigenvalue weighted by Gasteiger charge is -2.11. The monoisotopic (exact) mass is 340 g/mol. The number of benzene rings is 1. The molecule has 0 aliphatic carbocycles. The number of aromatic nitrogens is 4. The van der Waals surface area contributed by atoms with Gasteiger partial charge in [0, 0.05) is 25.4 Å². The van der Waals surface area contributed by atoms with Gasteiger partial charge in [0.2, 0.25) is 0 Å². The zero-order valence-corrected chi connectivity index (χ0v) is 14.2. The van der Waals surface area contributed by atoms with Crippen LogP contribution in [0.4, 0.5) is 0 Å². The first kappa shape index (κ1) is 16.2. The van der Waals surface area contributed by atoms with E-state index in [-0.39, 0.29) is 5.56 Å². The third kappa shape index (κ3) is 2.67. The zero-order valence-electron chi connectivity index (χ0n) is 13.4. The van der Waals surface area contributed by atoms with Gasteiger partial charge in [-0.2, -0.15) is 0 Å². The van der Waals surface area contributed by atoms with Crippen LogP contribution in [0, 0.1) is 0 Å². The fraction of sp³-hybridized carbons (Fsp3) is 0.176. The van der Waals surface area contributed by atoms with Crippen molar-refractivity contribution in [2.24, 2.45) is 14.1 Å². The molecule has 1 aromatic carbocycles. The topological polar surface area (TPSA) is 69.8 Å². The molecule has 24 heavy (non-hydrogen) atoms. The zero-order chi connectivity index (χ0) is 17.3. The molecule has 2 heterocycles. The second-order valence-electron chi connectivity index (χ2n) is 5.22. The fourth-order valence-electron chi connectivity index (χ4n) is 2.39. The maximum Gasteiger partial charge on any atom is 0.332 e. The molecule has 0 saturated carbocycles. The minimum absolute atomic E-state index is 0.337. The molecule has 0 saturated heterocycles. The highest BCUT2D eigenvalue weighted by Crippen LogP contribution is 2.25. The van der Waals surface area contributed by atoms with Crippen molar-refractivity contribution in [1.29, 1.82) is 0 Å².